The number of aliphatic imine (C=N–C) groups is 1. The van der Waals surface area contributed by atoms with Gasteiger partial charge in [-0.2, -0.15) is 0 Å². The van der Waals surface area contributed by atoms with Crippen molar-refractivity contribution in [1.29, 1.82) is 0 Å². The first-order valence-electron chi connectivity index (χ1n) is 11.7. The smallest absolute Gasteiger partial charge is 0.270 e. The van der Waals surface area contributed by atoms with E-state index < -0.39 is 0 Å². The third kappa shape index (κ3) is 4.59. The summed E-state index contributed by atoms with van der Waals surface area (Å²) >= 11 is 0. The Bertz CT molecular complexity index is 1280. The van der Waals surface area contributed by atoms with Crippen molar-refractivity contribution in [2.75, 3.05) is 6.54 Å². The fourth-order valence-electron chi connectivity index (χ4n) is 4.47. The molecule has 1 aromatic carbocycles. The van der Waals surface area contributed by atoms with Crippen LogP contribution < -0.4 is 5.32 Å². The number of nitrogens with one attached hydrogen (secondary N) is 2. The van der Waals surface area contributed by atoms with E-state index in [4.69, 9.17) is 0 Å². The zero-order chi connectivity index (χ0) is 23.7. The van der Waals surface area contributed by atoms with E-state index >= 15 is 0 Å². The number of rotatable bonds is 7. The van der Waals surface area contributed by atoms with E-state index in [1.807, 2.05) is 52.4 Å². The van der Waals surface area contributed by atoms with Crippen LogP contribution in [-0.2, 0) is 22.7 Å². The zero-order valence-corrected chi connectivity index (χ0v) is 19.4. The van der Waals surface area contributed by atoms with Gasteiger partial charge in [-0.3, -0.25) is 9.59 Å². The predicted octanol–water partition coefficient (Wildman–Crippen LogP) is 4.13. The highest BCUT2D eigenvalue weighted by molar-refractivity contribution is 6.04. The Morgan fingerprint density at radius 2 is 2.12 bits per heavy atom. The van der Waals surface area contributed by atoms with Gasteiger partial charge in [0.1, 0.15) is 11.5 Å². The third-order valence-electron chi connectivity index (χ3n) is 6.62. The van der Waals surface area contributed by atoms with Gasteiger partial charge in [-0.05, 0) is 60.1 Å². The molecule has 34 heavy (non-hydrogen) atoms. The van der Waals surface area contributed by atoms with Gasteiger partial charge in [0.25, 0.3) is 5.91 Å². The second kappa shape index (κ2) is 9.17. The lowest BCUT2D eigenvalue weighted by atomic mass is 9.85. The summed E-state index contributed by atoms with van der Waals surface area (Å²) in [5.41, 5.74) is 4.04. The van der Waals surface area contributed by atoms with E-state index in [9.17, 15) is 9.59 Å². The van der Waals surface area contributed by atoms with Crippen LogP contribution in [0, 0.1) is 5.92 Å². The van der Waals surface area contributed by atoms with Crippen molar-refractivity contribution < 1.29 is 9.59 Å². The normalized spacial score (nSPS) is 17.2. The maximum Gasteiger partial charge on any atom is 0.270 e. The molecule has 7 nitrogen and oxygen atoms in total. The summed E-state index contributed by atoms with van der Waals surface area (Å²) in [7, 11) is 0. The van der Waals surface area contributed by atoms with Crippen LogP contribution in [0.1, 0.15) is 37.4 Å². The van der Waals surface area contributed by atoms with Crippen molar-refractivity contribution in [2.24, 2.45) is 10.9 Å². The van der Waals surface area contributed by atoms with Gasteiger partial charge >= 0.3 is 0 Å². The van der Waals surface area contributed by atoms with Gasteiger partial charge in [0.05, 0.1) is 6.54 Å². The second-order valence-electron chi connectivity index (χ2n) is 9.16. The number of aromatic amines is 1. The molecule has 3 heterocycles. The number of fused-ring (bicyclic) bond motifs is 2. The lowest BCUT2D eigenvalue weighted by Crippen LogP contribution is -2.35. The molecule has 174 valence electrons. The maximum absolute atomic E-state index is 12.7. The minimum absolute atomic E-state index is 0.111. The standard InChI is InChI=1S/C27H29N5O2/c1-18-12-25(30-26-8-3-4-11-32(18)26)27(34)28-15-21-9-10-22-14-23(29-24(22)13-21)17-31(19(2)33)16-20-6-5-7-20/h3-4,8-14,20,29H,1,5-7,15-17H2,2H3,(H,28,34). The molecular formula is C27H29N5O2. The monoisotopic (exact) mass is 455 g/mol. The molecule has 0 radical (unpaired) electrons. The fraction of sp³-hybridized carbons (Fsp3) is 0.296. The molecule has 7 heteroatoms. The Morgan fingerprint density at radius 1 is 1.26 bits per heavy atom. The van der Waals surface area contributed by atoms with Crippen molar-refractivity contribution in [3.63, 3.8) is 0 Å². The second-order valence-corrected chi connectivity index (χ2v) is 9.16. The van der Waals surface area contributed by atoms with Crippen molar-refractivity contribution in [1.82, 2.24) is 20.1 Å². The van der Waals surface area contributed by atoms with Crippen LogP contribution in [0.15, 0.2) is 77.7 Å². The first kappa shape index (κ1) is 21.9. The van der Waals surface area contributed by atoms with Crippen LogP contribution in [0.5, 0.6) is 0 Å². The molecule has 1 aliphatic carbocycles. The summed E-state index contributed by atoms with van der Waals surface area (Å²) < 4.78 is 0. The van der Waals surface area contributed by atoms with E-state index in [1.165, 1.54) is 19.3 Å². The van der Waals surface area contributed by atoms with Crippen LogP contribution >= 0.6 is 0 Å². The van der Waals surface area contributed by atoms with Gasteiger partial charge in [0, 0.05) is 43.1 Å². The number of benzene rings is 1. The molecule has 1 aromatic heterocycles. The number of carbonyl (C=O) groups is 2. The number of carbonyl (C=O) groups excluding carboxylic acids is 2. The van der Waals surface area contributed by atoms with E-state index in [-0.39, 0.29) is 11.8 Å². The average Bonchev–Trinajstić information content (AvgIpc) is 3.20. The van der Waals surface area contributed by atoms with Crippen LogP contribution in [0.25, 0.3) is 10.9 Å². The van der Waals surface area contributed by atoms with Gasteiger partial charge in [-0.25, -0.2) is 4.99 Å². The molecular weight excluding hydrogens is 426 g/mol. The van der Waals surface area contributed by atoms with Gasteiger partial charge in [0.15, 0.2) is 0 Å². The highest BCUT2D eigenvalue weighted by Gasteiger charge is 2.23. The van der Waals surface area contributed by atoms with Crippen LogP contribution in [0.2, 0.25) is 0 Å². The summed E-state index contributed by atoms with van der Waals surface area (Å²) in [6.45, 7) is 7.47. The number of amides is 2. The predicted molar refractivity (Wildman–Crippen MR) is 133 cm³/mol. The lowest BCUT2D eigenvalue weighted by molar-refractivity contribution is -0.130. The fourth-order valence-corrected chi connectivity index (χ4v) is 4.47. The number of aromatic nitrogens is 1. The molecule has 2 aliphatic heterocycles. The van der Waals surface area contributed by atoms with Crippen molar-refractivity contribution >= 4 is 28.6 Å². The Balaban J connectivity index is 1.23. The summed E-state index contributed by atoms with van der Waals surface area (Å²) in [6.07, 6.45) is 12.9. The Kier molecular flexibility index (Phi) is 5.92. The van der Waals surface area contributed by atoms with Gasteiger partial charge in [-0.15, -0.1) is 0 Å². The minimum Gasteiger partial charge on any atom is -0.357 e. The zero-order valence-electron chi connectivity index (χ0n) is 19.4. The van der Waals surface area contributed by atoms with Crippen molar-refractivity contribution in [2.45, 2.75) is 39.3 Å². The van der Waals surface area contributed by atoms with Crippen LogP contribution in [-0.4, -0.2) is 39.0 Å². The quantitative estimate of drug-likeness (QED) is 0.659. The molecule has 0 spiro atoms. The summed E-state index contributed by atoms with van der Waals surface area (Å²) in [6, 6.07) is 8.19. The Hall–Kier alpha value is -3.87. The molecule has 1 saturated carbocycles. The minimum atomic E-state index is -0.239. The van der Waals surface area contributed by atoms with E-state index in [0.717, 1.165) is 28.7 Å². The molecule has 2 aromatic rings. The number of hydrogen-bond acceptors (Lipinski definition) is 4. The summed E-state index contributed by atoms with van der Waals surface area (Å²) in [4.78, 5) is 36.5. The summed E-state index contributed by atoms with van der Waals surface area (Å²) in [5, 5.41) is 4.04. The van der Waals surface area contributed by atoms with Gasteiger partial charge in [-0.1, -0.05) is 31.2 Å². The molecule has 3 aliphatic rings. The first-order valence-corrected chi connectivity index (χ1v) is 11.7. The highest BCUT2D eigenvalue weighted by Crippen LogP contribution is 2.28. The molecule has 1 fully saturated rings. The average molecular weight is 456 g/mol. The number of H-pyrrole nitrogens is 1. The molecule has 2 amide bonds. The van der Waals surface area contributed by atoms with E-state index in [0.29, 0.717) is 36.2 Å². The van der Waals surface area contributed by atoms with Crippen LogP contribution in [0.3, 0.4) is 0 Å². The number of allylic oxidation sites excluding steroid dienone is 3. The van der Waals surface area contributed by atoms with Crippen molar-refractivity contribution in [3.8, 4) is 0 Å². The van der Waals surface area contributed by atoms with Gasteiger partial charge in [0.2, 0.25) is 5.91 Å². The van der Waals surface area contributed by atoms with Crippen molar-refractivity contribution in [3.05, 3.63) is 84.0 Å². The third-order valence-corrected chi connectivity index (χ3v) is 6.62. The molecule has 0 unspecified atom stereocenters. The topological polar surface area (TPSA) is 80.8 Å². The lowest BCUT2D eigenvalue weighted by Gasteiger charge is -2.31. The molecule has 2 N–H and O–H groups in total. The molecule has 0 saturated heterocycles. The van der Waals surface area contributed by atoms with E-state index in [2.05, 4.69) is 27.9 Å². The molecule has 0 bridgehead atoms. The summed E-state index contributed by atoms with van der Waals surface area (Å²) in [5.74, 6) is 1.19. The Labute approximate surface area is 199 Å². The largest absolute Gasteiger partial charge is 0.357 e. The maximum atomic E-state index is 12.7. The van der Waals surface area contributed by atoms with Gasteiger partial charge < -0.3 is 20.1 Å². The van der Waals surface area contributed by atoms with E-state index in [1.54, 1.807) is 13.0 Å². The SMILES string of the molecule is C=C1C=C(C(=O)NCc2ccc3cc(CN(CC4CCC4)C(C)=O)[nH]c3c2)N=C2C=CC=CN12. The number of hydrogen-bond donors (Lipinski definition) is 2. The molecule has 0 atom stereocenters. The number of nitrogens with zero attached hydrogens (tertiary/aromatic N) is 3. The first-order chi connectivity index (χ1) is 16.5. The molecule has 5 rings (SSSR count). The number of amidine groups is 1. The highest BCUT2D eigenvalue weighted by atomic mass is 16.2. The Morgan fingerprint density at radius 3 is 2.88 bits per heavy atom. The van der Waals surface area contributed by atoms with Crippen LogP contribution in [0.4, 0.5) is 0 Å².